The molecular weight excluding hydrogens is 337 g/mol. The first-order valence-corrected chi connectivity index (χ1v) is 6.65. The van der Waals surface area contributed by atoms with Gasteiger partial charge in [-0.3, -0.25) is 4.79 Å². The highest BCUT2D eigenvalue weighted by Gasteiger charge is 2.32. The van der Waals surface area contributed by atoms with Gasteiger partial charge < -0.3 is 11.1 Å². The zero-order valence-corrected chi connectivity index (χ0v) is 12.9. The van der Waals surface area contributed by atoms with Crippen molar-refractivity contribution in [2.24, 2.45) is 11.1 Å². The molecule has 0 heterocycles. The van der Waals surface area contributed by atoms with Crippen LogP contribution in [0.2, 0.25) is 0 Å². The average molecular weight is 353 g/mol. The van der Waals surface area contributed by atoms with Gasteiger partial charge in [0, 0.05) is 4.47 Å². The number of alkyl halides is 3. The number of rotatable bonds is 2. The number of benzene rings is 1. The zero-order valence-electron chi connectivity index (χ0n) is 11.3. The third kappa shape index (κ3) is 4.21. The molecule has 0 bridgehead atoms. The molecule has 0 saturated carbocycles. The summed E-state index contributed by atoms with van der Waals surface area (Å²) in [6, 6.07) is 2.21. The Hall–Kier alpha value is -1.08. The first-order chi connectivity index (χ1) is 8.93. The lowest BCUT2D eigenvalue weighted by Crippen LogP contribution is -2.45. The number of halogens is 4. The van der Waals surface area contributed by atoms with Crippen molar-refractivity contribution in [3.8, 4) is 0 Å². The van der Waals surface area contributed by atoms with E-state index in [2.05, 4.69) is 21.2 Å². The third-order valence-corrected chi connectivity index (χ3v) is 3.46. The molecule has 0 saturated heterocycles. The second-order valence-electron chi connectivity index (χ2n) is 5.53. The number of carbonyl (C=O) groups excluding carboxylic acids is 1. The molecule has 0 aliphatic carbocycles. The van der Waals surface area contributed by atoms with E-state index in [1.165, 1.54) is 6.07 Å². The van der Waals surface area contributed by atoms with Crippen molar-refractivity contribution in [2.75, 3.05) is 5.32 Å². The van der Waals surface area contributed by atoms with Crippen LogP contribution in [0.25, 0.3) is 0 Å². The van der Waals surface area contributed by atoms with E-state index in [-0.39, 0.29) is 5.69 Å². The number of nitrogens with two attached hydrogens (primary N) is 1. The topological polar surface area (TPSA) is 55.1 Å². The van der Waals surface area contributed by atoms with Crippen LogP contribution in [-0.4, -0.2) is 11.9 Å². The largest absolute Gasteiger partial charge is 0.416 e. The number of anilines is 1. The molecule has 0 aliphatic heterocycles. The number of amides is 1. The number of hydrogen-bond donors (Lipinski definition) is 2. The maximum Gasteiger partial charge on any atom is 0.416 e. The van der Waals surface area contributed by atoms with Crippen molar-refractivity contribution in [3.05, 3.63) is 28.2 Å². The van der Waals surface area contributed by atoms with Gasteiger partial charge in [-0.2, -0.15) is 13.2 Å². The molecule has 112 valence electrons. The van der Waals surface area contributed by atoms with Crippen LogP contribution in [0.3, 0.4) is 0 Å². The highest BCUT2D eigenvalue weighted by atomic mass is 79.9. The molecule has 7 heteroatoms. The Morgan fingerprint density at radius 1 is 1.30 bits per heavy atom. The summed E-state index contributed by atoms with van der Waals surface area (Å²) in [4.78, 5) is 11.9. The lowest BCUT2D eigenvalue weighted by atomic mass is 9.87. The lowest BCUT2D eigenvalue weighted by Gasteiger charge is -2.26. The quantitative estimate of drug-likeness (QED) is 0.850. The van der Waals surface area contributed by atoms with Gasteiger partial charge >= 0.3 is 6.18 Å². The average Bonchev–Trinajstić information content (AvgIpc) is 2.28. The summed E-state index contributed by atoms with van der Waals surface area (Å²) in [6.07, 6.45) is -4.47. The van der Waals surface area contributed by atoms with Crippen LogP contribution in [-0.2, 0) is 11.0 Å². The van der Waals surface area contributed by atoms with Crippen molar-refractivity contribution in [1.82, 2.24) is 0 Å². The second-order valence-corrected chi connectivity index (χ2v) is 6.38. The van der Waals surface area contributed by atoms with Gasteiger partial charge in [0.25, 0.3) is 0 Å². The minimum absolute atomic E-state index is 0.0459. The van der Waals surface area contributed by atoms with Crippen molar-refractivity contribution in [2.45, 2.75) is 33.0 Å². The van der Waals surface area contributed by atoms with Gasteiger partial charge in [0.05, 0.1) is 17.3 Å². The molecule has 0 spiro atoms. The fourth-order valence-corrected chi connectivity index (χ4v) is 1.75. The fraction of sp³-hybridized carbons (Fsp3) is 0.462. The highest BCUT2D eigenvalue weighted by Crippen LogP contribution is 2.34. The Morgan fingerprint density at radius 2 is 1.85 bits per heavy atom. The zero-order chi connectivity index (χ0) is 15.7. The first kappa shape index (κ1) is 17.0. The van der Waals surface area contributed by atoms with Gasteiger partial charge in [-0.05, 0) is 39.5 Å². The molecule has 1 aromatic carbocycles. The SMILES string of the molecule is CC(C)(C)C(N)C(=O)Nc1cc(C(F)(F)F)ccc1Br. The molecule has 1 aromatic rings. The van der Waals surface area contributed by atoms with Gasteiger partial charge in [0.2, 0.25) is 5.91 Å². The Labute approximate surface area is 123 Å². The molecule has 3 nitrogen and oxygen atoms in total. The molecule has 3 N–H and O–H groups in total. The third-order valence-electron chi connectivity index (χ3n) is 2.77. The van der Waals surface area contributed by atoms with Gasteiger partial charge in [-0.15, -0.1) is 0 Å². The number of hydrogen-bond acceptors (Lipinski definition) is 2. The first-order valence-electron chi connectivity index (χ1n) is 5.86. The summed E-state index contributed by atoms with van der Waals surface area (Å²) in [5, 5.41) is 2.42. The minimum atomic E-state index is -4.47. The molecule has 1 rings (SSSR count). The summed E-state index contributed by atoms with van der Waals surface area (Å²) >= 11 is 3.10. The van der Waals surface area contributed by atoms with Crippen molar-refractivity contribution >= 4 is 27.5 Å². The molecule has 20 heavy (non-hydrogen) atoms. The highest BCUT2D eigenvalue weighted by molar-refractivity contribution is 9.10. The van der Waals surface area contributed by atoms with Crippen LogP contribution in [0.5, 0.6) is 0 Å². The number of nitrogens with one attached hydrogen (secondary N) is 1. The van der Waals surface area contributed by atoms with Crippen LogP contribution in [0.4, 0.5) is 18.9 Å². The molecule has 0 aliphatic rings. The molecule has 1 atom stereocenters. The van der Waals surface area contributed by atoms with Gasteiger partial charge in [0.1, 0.15) is 0 Å². The van der Waals surface area contributed by atoms with Crippen LogP contribution in [0.15, 0.2) is 22.7 Å². The van der Waals surface area contributed by atoms with E-state index in [0.29, 0.717) is 4.47 Å². The van der Waals surface area contributed by atoms with E-state index in [1.54, 1.807) is 20.8 Å². The van der Waals surface area contributed by atoms with Crippen molar-refractivity contribution in [3.63, 3.8) is 0 Å². The normalized spacial score (nSPS) is 14.0. The molecule has 0 aromatic heterocycles. The summed E-state index contributed by atoms with van der Waals surface area (Å²) < 4.78 is 38.3. The fourth-order valence-electron chi connectivity index (χ4n) is 1.40. The molecular formula is C13H16BrF3N2O. The smallest absolute Gasteiger partial charge is 0.324 e. The lowest BCUT2D eigenvalue weighted by molar-refractivity contribution is -0.137. The Kier molecular flexibility index (Phi) is 4.86. The minimum Gasteiger partial charge on any atom is -0.324 e. The van der Waals surface area contributed by atoms with E-state index in [0.717, 1.165) is 12.1 Å². The maximum absolute atomic E-state index is 12.6. The van der Waals surface area contributed by atoms with Gasteiger partial charge in [-0.25, -0.2) is 0 Å². The second kappa shape index (κ2) is 5.73. The summed E-state index contributed by atoms with van der Waals surface area (Å²) in [6.45, 7) is 5.33. The van der Waals surface area contributed by atoms with Crippen LogP contribution < -0.4 is 11.1 Å². The number of carbonyl (C=O) groups is 1. The Morgan fingerprint density at radius 3 is 2.30 bits per heavy atom. The van der Waals surface area contributed by atoms with Crippen molar-refractivity contribution < 1.29 is 18.0 Å². The van der Waals surface area contributed by atoms with E-state index in [1.807, 2.05) is 0 Å². The van der Waals surface area contributed by atoms with E-state index >= 15 is 0 Å². The van der Waals surface area contributed by atoms with E-state index in [4.69, 9.17) is 5.73 Å². The standard InChI is InChI=1S/C13H16BrF3N2O/c1-12(2,3)10(18)11(20)19-9-6-7(13(15,16)17)4-5-8(9)14/h4-6,10H,18H2,1-3H3,(H,19,20). The maximum atomic E-state index is 12.6. The van der Waals surface area contributed by atoms with E-state index < -0.39 is 29.1 Å². The summed E-state index contributed by atoms with van der Waals surface area (Å²) in [7, 11) is 0. The van der Waals surface area contributed by atoms with E-state index in [9.17, 15) is 18.0 Å². The molecule has 1 unspecified atom stereocenters. The van der Waals surface area contributed by atoms with Gasteiger partial charge in [-0.1, -0.05) is 20.8 Å². The Balaban J connectivity index is 3.01. The Bertz CT molecular complexity index is 509. The van der Waals surface area contributed by atoms with Crippen molar-refractivity contribution in [1.29, 1.82) is 0 Å². The predicted molar refractivity (Wildman–Crippen MR) is 75.2 cm³/mol. The summed E-state index contributed by atoms with van der Waals surface area (Å²) in [5.41, 5.74) is 4.49. The monoisotopic (exact) mass is 352 g/mol. The predicted octanol–water partition coefficient (Wildman–Crippen LogP) is 3.78. The van der Waals surface area contributed by atoms with Gasteiger partial charge in [0.15, 0.2) is 0 Å². The van der Waals surface area contributed by atoms with Crippen LogP contribution in [0.1, 0.15) is 26.3 Å². The molecule has 1 amide bonds. The molecule has 0 fully saturated rings. The van der Waals surface area contributed by atoms with Crippen LogP contribution >= 0.6 is 15.9 Å². The van der Waals surface area contributed by atoms with Crippen LogP contribution in [0, 0.1) is 5.41 Å². The summed E-state index contributed by atoms with van der Waals surface area (Å²) in [5.74, 6) is -0.530. The molecule has 0 radical (unpaired) electrons.